The molecule has 5 rings (SSSR count). The Morgan fingerprint density at radius 1 is 0.771 bits per heavy atom. The van der Waals surface area contributed by atoms with Crippen molar-refractivity contribution >= 4 is 22.9 Å². The number of aromatic amines is 1. The number of benzene rings is 2. The molecule has 1 fully saturated rings. The Balaban J connectivity index is 0.951. The lowest BCUT2D eigenvalue weighted by atomic mass is 10.00. The van der Waals surface area contributed by atoms with Crippen LogP contribution in [0.5, 0.6) is 11.5 Å². The van der Waals surface area contributed by atoms with Gasteiger partial charge in [-0.2, -0.15) is 4.63 Å². The molecule has 2 heterocycles. The maximum absolute atomic E-state index is 6.74. The number of aromatic nitrogens is 4. The molecule has 0 unspecified atom stereocenters. The third kappa shape index (κ3) is 10.4. The van der Waals surface area contributed by atoms with Crippen LogP contribution in [0.25, 0.3) is 17.0 Å². The van der Waals surface area contributed by atoms with Gasteiger partial charge >= 0.3 is 0 Å². The highest BCUT2D eigenvalue weighted by Gasteiger charge is 2.46. The van der Waals surface area contributed by atoms with Gasteiger partial charge in [0, 0.05) is 16.7 Å². The number of nitrogens with one attached hydrogen (secondary N) is 2. The first-order chi connectivity index (χ1) is 23.6. The predicted molar refractivity (Wildman–Crippen MR) is 200 cm³/mol. The quantitative estimate of drug-likeness (QED) is 0.0540. The largest absolute Gasteiger partial charge is 0.490 e. The molecule has 48 heavy (non-hydrogen) atoms. The van der Waals surface area contributed by atoms with Crippen LogP contribution in [0.1, 0.15) is 142 Å². The van der Waals surface area contributed by atoms with E-state index >= 15 is 0 Å². The van der Waals surface area contributed by atoms with Crippen molar-refractivity contribution in [3.63, 3.8) is 0 Å². The van der Waals surface area contributed by atoms with Crippen molar-refractivity contribution in [2.75, 3.05) is 18.7 Å². The second-order valence-corrected chi connectivity index (χ2v) is 14.1. The predicted octanol–water partition coefficient (Wildman–Crippen LogP) is 11.9. The number of H-pyrrole nitrogens is 1. The first-order valence-corrected chi connectivity index (χ1v) is 19.3. The molecule has 8 heteroatoms. The number of unbranched alkanes of at least 4 members (excludes halogenated alkanes) is 15. The summed E-state index contributed by atoms with van der Waals surface area (Å²) in [5, 5.41) is 12.1. The Morgan fingerprint density at radius 3 is 1.96 bits per heavy atom. The molecule has 1 aliphatic rings. The third-order valence-electron chi connectivity index (χ3n) is 10.0. The van der Waals surface area contributed by atoms with E-state index in [1.807, 2.05) is 48.5 Å². The van der Waals surface area contributed by atoms with Crippen molar-refractivity contribution in [2.45, 2.75) is 141 Å². The molecule has 7 nitrogen and oxygen atoms in total. The molecular formula is C40H58ClN5O2. The van der Waals surface area contributed by atoms with Crippen LogP contribution in [0, 0.1) is 0 Å². The van der Waals surface area contributed by atoms with Gasteiger partial charge in [-0.3, -0.25) is 5.10 Å². The summed E-state index contributed by atoms with van der Waals surface area (Å²) in [4.78, 5) is 4.76. The molecule has 0 spiro atoms. The first kappa shape index (κ1) is 36.1. The Hall–Kier alpha value is -3.19. The highest BCUT2D eigenvalue weighted by molar-refractivity contribution is 6.34. The lowest BCUT2D eigenvalue weighted by Gasteiger charge is -2.14. The second-order valence-electron chi connectivity index (χ2n) is 13.8. The number of para-hydroxylation sites is 2. The number of hydrogen-bond acceptors (Lipinski definition) is 5. The summed E-state index contributed by atoms with van der Waals surface area (Å²) in [5.74, 6) is 2.17. The highest BCUT2D eigenvalue weighted by atomic mass is 35.5. The molecule has 4 aromatic rings. The molecule has 0 saturated heterocycles. The van der Waals surface area contributed by atoms with Crippen LogP contribution in [0.15, 0.2) is 48.5 Å². The monoisotopic (exact) mass is 675 g/mol. The Bertz CT molecular complexity index is 1510. The van der Waals surface area contributed by atoms with E-state index in [2.05, 4.69) is 24.3 Å². The van der Waals surface area contributed by atoms with E-state index in [9.17, 15) is 0 Å². The minimum Gasteiger partial charge on any atom is -0.490 e. The van der Waals surface area contributed by atoms with Crippen LogP contribution in [-0.2, 0) is 5.41 Å². The fraction of sp³-hybridized carbons (Fsp3) is 0.600. The molecule has 2 aromatic carbocycles. The molecule has 0 radical (unpaired) electrons. The number of rotatable bonds is 25. The van der Waals surface area contributed by atoms with Crippen molar-refractivity contribution in [1.29, 1.82) is 0 Å². The Morgan fingerprint density at radius 2 is 1.38 bits per heavy atom. The topological polar surface area (TPSA) is 76.5 Å². The lowest BCUT2D eigenvalue weighted by molar-refractivity contribution is 0.272. The summed E-state index contributed by atoms with van der Waals surface area (Å²) in [6.07, 6.45) is 25.3. The van der Waals surface area contributed by atoms with Gasteiger partial charge < -0.3 is 14.8 Å². The van der Waals surface area contributed by atoms with Gasteiger partial charge in [-0.25, -0.2) is 4.98 Å². The minimum absolute atomic E-state index is 0.165. The van der Waals surface area contributed by atoms with E-state index in [-0.39, 0.29) is 5.41 Å². The van der Waals surface area contributed by atoms with E-state index in [1.165, 1.54) is 96.3 Å². The van der Waals surface area contributed by atoms with E-state index in [0.29, 0.717) is 29.8 Å². The molecule has 1 saturated carbocycles. The van der Waals surface area contributed by atoms with Crippen molar-refractivity contribution in [3.05, 3.63) is 59.2 Å². The fourth-order valence-electron chi connectivity index (χ4n) is 6.69. The van der Waals surface area contributed by atoms with E-state index < -0.39 is 0 Å². The third-order valence-corrected chi connectivity index (χ3v) is 10.4. The molecule has 262 valence electrons. The summed E-state index contributed by atoms with van der Waals surface area (Å²) in [5.41, 5.74) is 3.74. The van der Waals surface area contributed by atoms with Crippen molar-refractivity contribution in [2.24, 2.45) is 0 Å². The fourth-order valence-corrected chi connectivity index (χ4v) is 7.06. The SMILES string of the molecule is CCCCCCCCCCCCCCCCCCOc1ccccc1OCNc1cccc(-c2nc3c(Cl)c(C4(CC)CC4)[nH]n3n2)c1. The van der Waals surface area contributed by atoms with Crippen LogP contribution in [0.4, 0.5) is 5.69 Å². The average molecular weight is 676 g/mol. The normalized spacial score (nSPS) is 13.6. The molecule has 0 atom stereocenters. The molecule has 0 bridgehead atoms. The van der Waals surface area contributed by atoms with Crippen molar-refractivity contribution in [1.82, 2.24) is 19.8 Å². The highest BCUT2D eigenvalue weighted by Crippen LogP contribution is 2.52. The maximum atomic E-state index is 6.74. The van der Waals surface area contributed by atoms with Crippen LogP contribution in [0.2, 0.25) is 5.02 Å². The van der Waals surface area contributed by atoms with Crippen molar-refractivity contribution in [3.8, 4) is 22.9 Å². The number of nitrogens with zero attached hydrogens (tertiary/aromatic N) is 3. The standard InChI is InChI=1S/C40H58ClN5O2/c1-3-5-6-7-8-9-10-11-12-13-14-15-16-17-18-21-29-47-34-25-19-20-26-35(34)48-31-42-33-24-22-23-32(30-33)38-43-39-36(41)37(44-46(39)45-38)40(4-2)27-28-40/h19-20,22-26,30,42,44H,3-18,21,27-29,31H2,1-2H3. The van der Waals surface area contributed by atoms with Crippen LogP contribution < -0.4 is 14.8 Å². The Kier molecular flexibility index (Phi) is 14.4. The summed E-state index contributed by atoms with van der Waals surface area (Å²) < 4.78 is 13.9. The van der Waals surface area contributed by atoms with E-state index in [4.69, 9.17) is 31.2 Å². The average Bonchev–Trinajstić information content (AvgIpc) is 3.69. The summed E-state index contributed by atoms with van der Waals surface area (Å²) in [6, 6.07) is 16.0. The van der Waals surface area contributed by atoms with Crippen LogP contribution in [-0.4, -0.2) is 33.1 Å². The molecular weight excluding hydrogens is 618 g/mol. The van der Waals surface area contributed by atoms with Crippen LogP contribution in [0.3, 0.4) is 0 Å². The molecule has 0 amide bonds. The zero-order chi connectivity index (χ0) is 33.4. The Labute approximate surface area is 293 Å². The zero-order valence-electron chi connectivity index (χ0n) is 29.5. The molecule has 2 N–H and O–H groups in total. The smallest absolute Gasteiger partial charge is 0.194 e. The van der Waals surface area contributed by atoms with Gasteiger partial charge in [0.25, 0.3) is 0 Å². The van der Waals surface area contributed by atoms with Gasteiger partial charge in [0.2, 0.25) is 0 Å². The second kappa shape index (κ2) is 19.1. The molecule has 1 aliphatic carbocycles. The number of fused-ring (bicyclic) bond motifs is 1. The number of hydrogen-bond donors (Lipinski definition) is 2. The lowest BCUT2D eigenvalue weighted by Crippen LogP contribution is -2.10. The van der Waals surface area contributed by atoms with Gasteiger partial charge in [0.15, 0.2) is 29.7 Å². The van der Waals surface area contributed by atoms with Crippen molar-refractivity contribution < 1.29 is 9.47 Å². The minimum atomic E-state index is 0.165. The maximum Gasteiger partial charge on any atom is 0.194 e. The number of halogens is 1. The zero-order valence-corrected chi connectivity index (χ0v) is 30.3. The molecule has 0 aliphatic heterocycles. The van der Waals surface area contributed by atoms with Gasteiger partial charge in [-0.05, 0) is 49.9 Å². The van der Waals surface area contributed by atoms with Crippen LogP contribution >= 0.6 is 11.6 Å². The molecule has 2 aromatic heterocycles. The summed E-state index contributed by atoms with van der Waals surface area (Å²) in [6.45, 7) is 5.53. The number of anilines is 1. The number of ether oxygens (including phenoxy) is 2. The van der Waals surface area contributed by atoms with E-state index in [1.54, 1.807) is 4.63 Å². The first-order valence-electron chi connectivity index (χ1n) is 19.0. The summed E-state index contributed by atoms with van der Waals surface area (Å²) >= 11 is 6.74. The van der Waals surface area contributed by atoms with Gasteiger partial charge in [-0.1, -0.05) is 146 Å². The van der Waals surface area contributed by atoms with Gasteiger partial charge in [-0.15, -0.1) is 5.10 Å². The van der Waals surface area contributed by atoms with E-state index in [0.717, 1.165) is 54.1 Å². The van der Waals surface area contributed by atoms with Gasteiger partial charge in [0.1, 0.15) is 5.02 Å². The summed E-state index contributed by atoms with van der Waals surface area (Å²) in [7, 11) is 0. The van der Waals surface area contributed by atoms with Gasteiger partial charge in [0.05, 0.1) is 12.3 Å².